The predicted molar refractivity (Wildman–Crippen MR) is 183 cm³/mol. The molecule has 5 aromatic rings. The minimum absolute atomic E-state index is 0.0926. The molecule has 5 N–H and O–H groups in total. The van der Waals surface area contributed by atoms with Crippen molar-refractivity contribution in [2.75, 3.05) is 20.2 Å². The van der Waals surface area contributed by atoms with Crippen LogP contribution in [0.25, 0.3) is 39.3 Å². The van der Waals surface area contributed by atoms with E-state index in [-0.39, 0.29) is 29.6 Å². The first-order valence-electron chi connectivity index (χ1n) is 15.2. The summed E-state index contributed by atoms with van der Waals surface area (Å²) in [5, 5.41) is 14.8. The number of carbonyl (C=O) groups is 2. The summed E-state index contributed by atoms with van der Waals surface area (Å²) in [5.74, 6) is 0.260. The molecule has 13 heteroatoms. The highest BCUT2D eigenvalue weighted by Gasteiger charge is 2.21. The molecule has 2 amide bonds. The summed E-state index contributed by atoms with van der Waals surface area (Å²) in [5.41, 5.74) is 11.5. The van der Waals surface area contributed by atoms with Gasteiger partial charge in [-0.3, -0.25) is 9.59 Å². The average Bonchev–Trinajstić information content (AvgIpc) is 3.69. The zero-order valence-electron chi connectivity index (χ0n) is 25.9. The minimum Gasteiger partial charge on any atom is -0.481 e. The molecule has 0 radical (unpaired) electrons. The normalized spacial score (nSPS) is 15.1. The number of halogens is 2. The molecule has 242 valence electrons. The average molecular weight is 674 g/mol. The molecule has 0 spiro atoms. The number of nitrogens with one attached hydrogen (secondary N) is 3. The third kappa shape index (κ3) is 7.08. The van der Waals surface area contributed by atoms with Crippen molar-refractivity contribution < 1.29 is 14.3 Å². The van der Waals surface area contributed by atoms with Crippen molar-refractivity contribution in [2.24, 2.45) is 5.73 Å². The van der Waals surface area contributed by atoms with Crippen molar-refractivity contribution in [3.63, 3.8) is 0 Å². The lowest BCUT2D eigenvalue weighted by Crippen LogP contribution is -2.35. The third-order valence-electron chi connectivity index (χ3n) is 7.90. The Kier molecular flexibility index (Phi) is 9.69. The number of rotatable bonds is 11. The second-order valence-corrected chi connectivity index (χ2v) is 12.2. The Bertz CT molecular complexity index is 1960. The molecule has 0 bridgehead atoms. The van der Waals surface area contributed by atoms with E-state index in [1.165, 1.54) is 0 Å². The van der Waals surface area contributed by atoms with Crippen molar-refractivity contribution in [1.29, 1.82) is 0 Å². The molecule has 11 nitrogen and oxygen atoms in total. The SMILES string of the molecule is COc1nc(-c2cccc(-c3cccc(-c4ccc5nc(C(=O)NC[C@H](C)N)cn5n4)c3Cl)c2Cl)ccc1CNC[C@H]1CCC(=O)N1. The lowest BCUT2D eigenvalue weighted by Gasteiger charge is -2.15. The molecule has 3 aromatic heterocycles. The second kappa shape index (κ2) is 14.1. The molecule has 1 aliphatic rings. The first kappa shape index (κ1) is 32.4. The van der Waals surface area contributed by atoms with Crippen molar-refractivity contribution in [2.45, 2.75) is 38.4 Å². The maximum atomic E-state index is 12.5. The van der Waals surface area contributed by atoms with Crippen LogP contribution < -0.4 is 26.4 Å². The summed E-state index contributed by atoms with van der Waals surface area (Å²) in [6.07, 6.45) is 2.97. The van der Waals surface area contributed by atoms with E-state index >= 15 is 0 Å². The van der Waals surface area contributed by atoms with Gasteiger partial charge in [0.05, 0.1) is 34.7 Å². The summed E-state index contributed by atoms with van der Waals surface area (Å²) in [4.78, 5) is 33.1. The predicted octanol–water partition coefficient (Wildman–Crippen LogP) is 4.89. The number of fused-ring (bicyclic) bond motifs is 1. The number of aromatic nitrogens is 4. The number of amides is 2. The van der Waals surface area contributed by atoms with E-state index in [1.807, 2.05) is 61.5 Å². The van der Waals surface area contributed by atoms with Crippen LogP contribution in [0.4, 0.5) is 0 Å². The zero-order valence-corrected chi connectivity index (χ0v) is 27.4. The van der Waals surface area contributed by atoms with Gasteiger partial charge >= 0.3 is 0 Å². The van der Waals surface area contributed by atoms with Gasteiger partial charge in [-0.1, -0.05) is 65.7 Å². The molecule has 6 rings (SSSR count). The fourth-order valence-corrected chi connectivity index (χ4v) is 6.15. The Morgan fingerprint density at radius 3 is 2.36 bits per heavy atom. The van der Waals surface area contributed by atoms with E-state index in [9.17, 15) is 9.59 Å². The number of imidazole rings is 1. The number of hydrogen-bond acceptors (Lipinski definition) is 8. The summed E-state index contributed by atoms with van der Waals surface area (Å²) in [6, 6.07) is 18.8. The molecule has 1 saturated heterocycles. The van der Waals surface area contributed by atoms with Gasteiger partial charge < -0.3 is 26.4 Å². The largest absolute Gasteiger partial charge is 0.481 e. The fourth-order valence-electron chi connectivity index (χ4n) is 5.50. The number of carbonyl (C=O) groups excluding carboxylic acids is 2. The lowest BCUT2D eigenvalue weighted by molar-refractivity contribution is -0.119. The minimum atomic E-state index is -0.321. The summed E-state index contributed by atoms with van der Waals surface area (Å²) in [6.45, 7) is 3.36. The number of methoxy groups -OCH3 is 1. The van der Waals surface area contributed by atoms with Crippen LogP contribution in [-0.2, 0) is 11.3 Å². The van der Waals surface area contributed by atoms with Crippen LogP contribution in [0.1, 0.15) is 35.8 Å². The summed E-state index contributed by atoms with van der Waals surface area (Å²) in [7, 11) is 1.59. The maximum Gasteiger partial charge on any atom is 0.271 e. The first-order valence-corrected chi connectivity index (χ1v) is 16.0. The molecule has 0 unspecified atom stereocenters. The van der Waals surface area contributed by atoms with Gasteiger partial charge in [-0.05, 0) is 31.5 Å². The molecule has 1 fully saturated rings. The van der Waals surface area contributed by atoms with Crippen LogP contribution >= 0.6 is 23.2 Å². The van der Waals surface area contributed by atoms with Gasteiger partial charge in [0.15, 0.2) is 5.65 Å². The van der Waals surface area contributed by atoms with E-state index in [0.29, 0.717) is 64.6 Å². The molecule has 1 aliphatic heterocycles. The van der Waals surface area contributed by atoms with Crippen molar-refractivity contribution >= 4 is 40.7 Å². The van der Waals surface area contributed by atoms with Gasteiger partial charge in [0.1, 0.15) is 5.69 Å². The number of nitrogens with zero attached hydrogens (tertiary/aromatic N) is 4. The molecule has 0 saturated carbocycles. The molecular weight excluding hydrogens is 639 g/mol. The molecular formula is C34H34Cl2N8O3. The van der Waals surface area contributed by atoms with E-state index in [1.54, 1.807) is 23.9 Å². The first-order chi connectivity index (χ1) is 22.7. The van der Waals surface area contributed by atoms with Gasteiger partial charge in [-0.2, -0.15) is 5.10 Å². The Labute approximate surface area is 281 Å². The number of pyridine rings is 1. The Balaban J connectivity index is 1.25. The molecule has 2 aromatic carbocycles. The fraction of sp³-hybridized carbons (Fsp3) is 0.265. The van der Waals surface area contributed by atoms with Crippen molar-refractivity contribution in [1.82, 2.24) is 35.5 Å². The molecule has 47 heavy (non-hydrogen) atoms. The number of ether oxygens (including phenoxy) is 1. The van der Waals surface area contributed by atoms with Gasteiger partial charge in [0, 0.05) is 66.0 Å². The number of hydrogen-bond donors (Lipinski definition) is 4. The molecule has 4 heterocycles. The highest BCUT2D eigenvalue weighted by atomic mass is 35.5. The van der Waals surface area contributed by atoms with E-state index < -0.39 is 0 Å². The Morgan fingerprint density at radius 1 is 1.02 bits per heavy atom. The summed E-state index contributed by atoms with van der Waals surface area (Å²) >= 11 is 14.1. The maximum absolute atomic E-state index is 12.5. The lowest BCUT2D eigenvalue weighted by atomic mass is 9.98. The summed E-state index contributed by atoms with van der Waals surface area (Å²) < 4.78 is 7.18. The standard InChI is InChI=1S/C34H34Cl2N8O3/c1-19(37)15-39-33(46)28-18-44-29(41-28)13-12-27(43-44)25-8-4-6-23(32(25)36)22-5-3-7-24(31(22)35)26-11-9-20(34(42-26)47-2)16-38-17-21-10-14-30(45)40-21/h3-9,11-13,18-19,21,38H,10,14-17,37H2,1-2H3,(H,39,46)(H,40,45)/t19-,21+/m0/s1. The highest BCUT2D eigenvalue weighted by Crippen LogP contribution is 2.42. The van der Waals surface area contributed by atoms with Crippen LogP contribution in [0.15, 0.2) is 66.9 Å². The molecule has 2 atom stereocenters. The van der Waals surface area contributed by atoms with Crippen LogP contribution in [0.2, 0.25) is 10.0 Å². The van der Waals surface area contributed by atoms with Gasteiger partial charge in [0.25, 0.3) is 5.91 Å². The van der Waals surface area contributed by atoms with Crippen molar-refractivity contribution in [3.05, 3.63) is 88.2 Å². The number of nitrogens with two attached hydrogens (primary N) is 1. The second-order valence-electron chi connectivity index (χ2n) is 11.5. The monoisotopic (exact) mass is 672 g/mol. The van der Waals surface area contributed by atoms with Crippen LogP contribution in [0.5, 0.6) is 5.88 Å². The Hall–Kier alpha value is -4.55. The zero-order chi connectivity index (χ0) is 33.1. The van der Waals surface area contributed by atoms with E-state index in [0.717, 1.165) is 28.7 Å². The quantitative estimate of drug-likeness (QED) is 0.155. The van der Waals surface area contributed by atoms with E-state index in [2.05, 4.69) is 26.0 Å². The van der Waals surface area contributed by atoms with Crippen LogP contribution in [0.3, 0.4) is 0 Å². The van der Waals surface area contributed by atoms with E-state index in [4.69, 9.17) is 38.7 Å². The number of benzene rings is 2. The smallest absolute Gasteiger partial charge is 0.271 e. The van der Waals surface area contributed by atoms with Crippen LogP contribution in [-0.4, -0.2) is 63.7 Å². The Morgan fingerprint density at radius 2 is 1.70 bits per heavy atom. The van der Waals surface area contributed by atoms with Gasteiger partial charge in [-0.25, -0.2) is 14.5 Å². The highest BCUT2D eigenvalue weighted by molar-refractivity contribution is 6.39. The third-order valence-corrected chi connectivity index (χ3v) is 8.71. The topological polar surface area (TPSA) is 149 Å². The van der Waals surface area contributed by atoms with Gasteiger partial charge in [-0.15, -0.1) is 0 Å². The van der Waals surface area contributed by atoms with Crippen LogP contribution in [0, 0.1) is 0 Å². The van der Waals surface area contributed by atoms with Crippen molar-refractivity contribution in [3.8, 4) is 39.5 Å². The molecule has 0 aliphatic carbocycles. The van der Waals surface area contributed by atoms with Gasteiger partial charge in [0.2, 0.25) is 11.8 Å².